The van der Waals surface area contributed by atoms with Gasteiger partial charge in [0.1, 0.15) is 5.01 Å². The number of rotatable bonds is 5. The molecule has 1 amide bonds. The Morgan fingerprint density at radius 1 is 1.08 bits per heavy atom. The summed E-state index contributed by atoms with van der Waals surface area (Å²) in [5.74, 6) is -0.202. The monoisotopic (exact) mass is 364 g/mol. The van der Waals surface area contributed by atoms with Crippen molar-refractivity contribution < 1.29 is 9.90 Å². The van der Waals surface area contributed by atoms with E-state index in [2.05, 4.69) is 15.4 Å². The minimum absolute atomic E-state index is 0.0757. The Bertz CT molecular complexity index is 1010. The fourth-order valence-electron chi connectivity index (χ4n) is 2.60. The van der Waals surface area contributed by atoms with Gasteiger partial charge in [0, 0.05) is 23.2 Å². The first-order valence-corrected chi connectivity index (χ1v) is 8.97. The highest BCUT2D eigenvalue weighted by atomic mass is 32.1. The summed E-state index contributed by atoms with van der Waals surface area (Å²) in [6, 6.07) is 17.2. The van der Waals surface area contributed by atoms with Crippen molar-refractivity contribution in [2.75, 3.05) is 13.2 Å². The fourth-order valence-corrected chi connectivity index (χ4v) is 3.49. The van der Waals surface area contributed by atoms with Crippen LogP contribution in [-0.2, 0) is 0 Å². The molecule has 0 atom stereocenters. The zero-order chi connectivity index (χ0) is 17.9. The third-order valence-electron chi connectivity index (χ3n) is 3.90. The van der Waals surface area contributed by atoms with Gasteiger partial charge < -0.3 is 10.4 Å². The Hall–Kier alpha value is -3.03. The van der Waals surface area contributed by atoms with Crippen LogP contribution in [0.15, 0.2) is 60.8 Å². The number of aliphatic hydroxyl groups is 1. The Morgan fingerprint density at radius 3 is 2.54 bits per heavy atom. The summed E-state index contributed by atoms with van der Waals surface area (Å²) in [5, 5.41) is 16.8. The third kappa shape index (κ3) is 3.22. The highest BCUT2D eigenvalue weighted by Gasteiger charge is 2.12. The number of aliphatic hydroxyl groups excluding tert-OH is 1. The predicted molar refractivity (Wildman–Crippen MR) is 101 cm³/mol. The van der Waals surface area contributed by atoms with Crippen LogP contribution in [0.4, 0.5) is 0 Å². The van der Waals surface area contributed by atoms with Crippen molar-refractivity contribution >= 4 is 22.2 Å². The first-order chi connectivity index (χ1) is 12.7. The van der Waals surface area contributed by atoms with Crippen molar-refractivity contribution in [1.29, 1.82) is 0 Å². The number of carbonyl (C=O) groups excluding carboxylic acids is 1. The van der Waals surface area contributed by atoms with Crippen LogP contribution in [0, 0.1) is 0 Å². The topological polar surface area (TPSA) is 79.5 Å². The molecule has 26 heavy (non-hydrogen) atoms. The van der Waals surface area contributed by atoms with Gasteiger partial charge in [-0.05, 0) is 12.1 Å². The molecular formula is C19H16N4O2S. The van der Waals surface area contributed by atoms with Crippen LogP contribution in [0.1, 0.15) is 10.4 Å². The Labute approximate surface area is 153 Å². The summed E-state index contributed by atoms with van der Waals surface area (Å²) in [6.45, 7) is 0.168. The molecule has 0 aliphatic heterocycles. The van der Waals surface area contributed by atoms with E-state index in [0.29, 0.717) is 5.56 Å². The molecule has 0 saturated heterocycles. The van der Waals surface area contributed by atoms with Gasteiger partial charge in [-0.25, -0.2) is 9.50 Å². The molecule has 6 nitrogen and oxygen atoms in total. The number of hydrogen-bond acceptors (Lipinski definition) is 5. The van der Waals surface area contributed by atoms with Crippen molar-refractivity contribution in [1.82, 2.24) is 19.9 Å². The summed E-state index contributed by atoms with van der Waals surface area (Å²) >= 11 is 1.50. The summed E-state index contributed by atoms with van der Waals surface area (Å²) in [6.07, 6.45) is 1.92. The molecule has 0 spiro atoms. The van der Waals surface area contributed by atoms with Crippen LogP contribution in [0.25, 0.3) is 26.8 Å². The quantitative estimate of drug-likeness (QED) is 0.571. The zero-order valence-corrected chi connectivity index (χ0v) is 14.6. The minimum atomic E-state index is -0.202. The van der Waals surface area contributed by atoms with Gasteiger partial charge in [-0.15, -0.1) is 0 Å². The number of aromatic nitrogens is 3. The number of nitrogens with zero attached hydrogens (tertiary/aromatic N) is 3. The SMILES string of the molecule is O=C(NCCO)c1ccc(-c2nn3cc(-c4ccccc4)nc3s2)cc1. The van der Waals surface area contributed by atoms with E-state index in [0.717, 1.165) is 26.8 Å². The second kappa shape index (κ2) is 7.07. The van der Waals surface area contributed by atoms with Crippen molar-refractivity contribution in [2.24, 2.45) is 0 Å². The van der Waals surface area contributed by atoms with E-state index in [-0.39, 0.29) is 19.1 Å². The first kappa shape index (κ1) is 16.4. The standard InChI is InChI=1S/C19H16N4O2S/c24-11-10-20-17(25)14-6-8-15(9-7-14)18-22-23-12-16(21-19(23)26-18)13-4-2-1-3-5-13/h1-9,12,24H,10-11H2,(H,20,25). The number of benzene rings is 2. The maximum Gasteiger partial charge on any atom is 0.251 e. The molecule has 0 radical (unpaired) electrons. The predicted octanol–water partition coefficient (Wildman–Crippen LogP) is 2.85. The van der Waals surface area contributed by atoms with Crippen LogP contribution in [0.2, 0.25) is 0 Å². The number of imidazole rings is 1. The van der Waals surface area contributed by atoms with Crippen LogP contribution in [0.5, 0.6) is 0 Å². The van der Waals surface area contributed by atoms with E-state index in [1.165, 1.54) is 11.3 Å². The molecule has 0 fully saturated rings. The highest BCUT2D eigenvalue weighted by molar-refractivity contribution is 7.19. The van der Waals surface area contributed by atoms with Crippen LogP contribution in [0.3, 0.4) is 0 Å². The Morgan fingerprint density at radius 2 is 1.85 bits per heavy atom. The van der Waals surface area contributed by atoms with Gasteiger partial charge in [-0.3, -0.25) is 4.79 Å². The molecule has 2 aromatic heterocycles. The molecule has 0 aliphatic carbocycles. The summed E-state index contributed by atoms with van der Waals surface area (Å²) in [7, 11) is 0. The molecule has 2 heterocycles. The largest absolute Gasteiger partial charge is 0.395 e. The van der Waals surface area contributed by atoms with E-state index in [9.17, 15) is 4.79 Å². The van der Waals surface area contributed by atoms with Crippen molar-refractivity contribution in [2.45, 2.75) is 0 Å². The maximum absolute atomic E-state index is 11.9. The third-order valence-corrected chi connectivity index (χ3v) is 4.88. The Balaban J connectivity index is 1.57. The second-order valence-corrected chi connectivity index (χ2v) is 6.64. The van der Waals surface area contributed by atoms with Gasteiger partial charge in [0.15, 0.2) is 0 Å². The first-order valence-electron chi connectivity index (χ1n) is 8.16. The number of hydrogen-bond donors (Lipinski definition) is 2. The average molecular weight is 364 g/mol. The van der Waals surface area contributed by atoms with Crippen LogP contribution in [-0.4, -0.2) is 38.8 Å². The highest BCUT2D eigenvalue weighted by Crippen LogP contribution is 2.28. The Kier molecular flexibility index (Phi) is 4.47. The molecule has 0 aliphatic rings. The van der Waals surface area contributed by atoms with E-state index < -0.39 is 0 Å². The number of fused-ring (bicyclic) bond motifs is 1. The van der Waals surface area contributed by atoms with Crippen molar-refractivity contribution in [3.05, 3.63) is 66.4 Å². The lowest BCUT2D eigenvalue weighted by atomic mass is 10.1. The van der Waals surface area contributed by atoms with Gasteiger partial charge in [0.25, 0.3) is 5.91 Å². The maximum atomic E-state index is 11.9. The molecule has 0 unspecified atom stereocenters. The van der Waals surface area contributed by atoms with Gasteiger partial charge in [-0.2, -0.15) is 5.10 Å². The van der Waals surface area contributed by atoms with Crippen LogP contribution >= 0.6 is 11.3 Å². The molecule has 4 rings (SSSR count). The summed E-state index contributed by atoms with van der Waals surface area (Å²) < 4.78 is 1.78. The number of amides is 1. The zero-order valence-electron chi connectivity index (χ0n) is 13.8. The van der Waals surface area contributed by atoms with Gasteiger partial charge >= 0.3 is 0 Å². The second-order valence-electron chi connectivity index (χ2n) is 5.68. The lowest BCUT2D eigenvalue weighted by Gasteiger charge is -2.03. The molecular weight excluding hydrogens is 348 g/mol. The molecule has 130 valence electrons. The molecule has 0 bridgehead atoms. The van der Waals surface area contributed by atoms with Gasteiger partial charge in [0.2, 0.25) is 4.96 Å². The van der Waals surface area contributed by atoms with E-state index in [4.69, 9.17) is 5.11 Å². The lowest BCUT2D eigenvalue weighted by molar-refractivity contribution is 0.0945. The van der Waals surface area contributed by atoms with Crippen LogP contribution < -0.4 is 5.32 Å². The van der Waals surface area contributed by atoms with Gasteiger partial charge in [-0.1, -0.05) is 53.8 Å². The van der Waals surface area contributed by atoms with Crippen molar-refractivity contribution in [3.8, 4) is 21.8 Å². The van der Waals surface area contributed by atoms with Gasteiger partial charge in [0.05, 0.1) is 18.5 Å². The lowest BCUT2D eigenvalue weighted by Crippen LogP contribution is -2.26. The van der Waals surface area contributed by atoms with E-state index in [1.54, 1.807) is 16.6 Å². The molecule has 7 heteroatoms. The van der Waals surface area contributed by atoms with Crippen molar-refractivity contribution in [3.63, 3.8) is 0 Å². The van der Waals surface area contributed by atoms with E-state index in [1.807, 2.05) is 48.7 Å². The number of carbonyl (C=O) groups is 1. The summed E-state index contributed by atoms with van der Waals surface area (Å²) in [5.41, 5.74) is 3.44. The molecule has 0 saturated carbocycles. The normalized spacial score (nSPS) is 11.0. The minimum Gasteiger partial charge on any atom is -0.395 e. The average Bonchev–Trinajstić information content (AvgIpc) is 3.26. The molecule has 2 N–H and O–H groups in total. The summed E-state index contributed by atoms with van der Waals surface area (Å²) in [4.78, 5) is 17.3. The fraction of sp³-hybridized carbons (Fsp3) is 0.105. The smallest absolute Gasteiger partial charge is 0.251 e. The van der Waals surface area contributed by atoms with E-state index >= 15 is 0 Å². The number of nitrogens with one attached hydrogen (secondary N) is 1. The molecule has 2 aromatic carbocycles. The molecule has 4 aromatic rings.